The van der Waals surface area contributed by atoms with E-state index in [0.29, 0.717) is 18.0 Å². The van der Waals surface area contributed by atoms with E-state index in [1.54, 1.807) is 29.6 Å². The summed E-state index contributed by atoms with van der Waals surface area (Å²) in [5.74, 6) is 1.20. The average molecular weight is 422 g/mol. The van der Waals surface area contributed by atoms with Crippen LogP contribution in [0.4, 0.5) is 16.2 Å². The van der Waals surface area contributed by atoms with Crippen molar-refractivity contribution in [2.75, 3.05) is 23.4 Å². The maximum Gasteiger partial charge on any atom is 0.339 e. The summed E-state index contributed by atoms with van der Waals surface area (Å²) in [7, 11) is 3.18. The molecule has 1 aliphatic rings. The lowest BCUT2D eigenvalue weighted by Gasteiger charge is -2.36. The maximum absolute atomic E-state index is 13.6. The molecule has 154 valence electrons. The number of anilines is 2. The van der Waals surface area contributed by atoms with Crippen LogP contribution in [0.25, 0.3) is 0 Å². The molecule has 1 aromatic heterocycles. The fourth-order valence-electron chi connectivity index (χ4n) is 3.50. The van der Waals surface area contributed by atoms with Gasteiger partial charge in [-0.2, -0.15) is 0 Å². The highest BCUT2D eigenvalue weighted by Crippen LogP contribution is 2.43. The number of carbonyl (C=O) groups excluding carboxylic acids is 1. The van der Waals surface area contributed by atoms with Crippen LogP contribution in [-0.2, 0) is 6.54 Å². The minimum absolute atomic E-state index is 0.117. The Kier molecular flexibility index (Phi) is 5.55. The van der Waals surface area contributed by atoms with Crippen molar-refractivity contribution < 1.29 is 14.3 Å². The summed E-state index contributed by atoms with van der Waals surface area (Å²) in [6.45, 7) is 4.47. The standard InChI is InChI=1S/C23H23N3O3S/c1-15-11-12-24-16(2)18(15)14-25-19-7-5-6-8-22(19)30-26(23(25)27)17-9-10-20(28-3)21(13-17)29-4/h5-13H,14H2,1-4H3. The number of aromatic nitrogens is 1. The lowest BCUT2D eigenvalue weighted by atomic mass is 10.1. The van der Waals surface area contributed by atoms with Gasteiger partial charge in [0.2, 0.25) is 0 Å². The molecule has 7 heteroatoms. The molecule has 0 unspecified atom stereocenters. The van der Waals surface area contributed by atoms with E-state index in [4.69, 9.17) is 9.47 Å². The molecule has 0 N–H and O–H groups in total. The molecule has 1 aliphatic heterocycles. The number of benzene rings is 2. The average Bonchev–Trinajstić information content (AvgIpc) is 2.77. The number of ether oxygens (including phenoxy) is 2. The first-order chi connectivity index (χ1) is 14.5. The molecule has 6 nitrogen and oxygen atoms in total. The summed E-state index contributed by atoms with van der Waals surface area (Å²) in [6.07, 6.45) is 1.80. The number of fused-ring (bicyclic) bond motifs is 1. The lowest BCUT2D eigenvalue weighted by molar-refractivity contribution is 0.254. The van der Waals surface area contributed by atoms with E-state index >= 15 is 0 Å². The molecular formula is C23H23N3O3S. The van der Waals surface area contributed by atoms with E-state index in [1.165, 1.54) is 11.9 Å². The summed E-state index contributed by atoms with van der Waals surface area (Å²) >= 11 is 1.40. The Morgan fingerprint density at radius 1 is 1.00 bits per heavy atom. The van der Waals surface area contributed by atoms with Crippen molar-refractivity contribution in [1.82, 2.24) is 4.98 Å². The zero-order chi connectivity index (χ0) is 21.3. The molecular weight excluding hydrogens is 398 g/mol. The normalized spacial score (nSPS) is 13.3. The molecule has 0 atom stereocenters. The van der Waals surface area contributed by atoms with Crippen LogP contribution in [0, 0.1) is 13.8 Å². The molecule has 0 radical (unpaired) electrons. The Morgan fingerprint density at radius 3 is 2.50 bits per heavy atom. The van der Waals surface area contributed by atoms with Gasteiger partial charge in [-0.05, 0) is 67.3 Å². The van der Waals surface area contributed by atoms with Crippen molar-refractivity contribution in [3.05, 3.63) is 71.5 Å². The quantitative estimate of drug-likeness (QED) is 0.519. The summed E-state index contributed by atoms with van der Waals surface area (Å²) in [6, 6.07) is 15.3. The Balaban J connectivity index is 1.77. The van der Waals surface area contributed by atoms with E-state index in [2.05, 4.69) is 4.98 Å². The van der Waals surface area contributed by atoms with Gasteiger partial charge in [-0.25, -0.2) is 9.10 Å². The Morgan fingerprint density at radius 2 is 1.77 bits per heavy atom. The predicted molar refractivity (Wildman–Crippen MR) is 120 cm³/mol. The second kappa shape index (κ2) is 8.28. The number of hydrogen-bond acceptors (Lipinski definition) is 5. The maximum atomic E-state index is 13.6. The molecule has 0 fully saturated rings. The van der Waals surface area contributed by atoms with E-state index in [0.717, 1.165) is 33.1 Å². The number of urea groups is 1. The van der Waals surface area contributed by atoms with E-state index in [1.807, 2.05) is 62.4 Å². The summed E-state index contributed by atoms with van der Waals surface area (Å²) < 4.78 is 12.5. The summed E-state index contributed by atoms with van der Waals surface area (Å²) in [4.78, 5) is 20.8. The molecule has 2 heterocycles. The first kappa shape index (κ1) is 20.1. The van der Waals surface area contributed by atoms with Gasteiger partial charge in [-0.3, -0.25) is 9.88 Å². The topological polar surface area (TPSA) is 54.9 Å². The number of para-hydroxylation sites is 1. The fourth-order valence-corrected chi connectivity index (χ4v) is 4.50. The molecule has 2 aromatic carbocycles. The van der Waals surface area contributed by atoms with Gasteiger partial charge in [0.15, 0.2) is 11.5 Å². The third kappa shape index (κ3) is 3.57. The zero-order valence-electron chi connectivity index (χ0n) is 17.4. The van der Waals surface area contributed by atoms with Gasteiger partial charge in [0.25, 0.3) is 0 Å². The molecule has 0 saturated heterocycles. The Bertz CT molecular complexity index is 1080. The first-order valence-corrected chi connectivity index (χ1v) is 10.3. The summed E-state index contributed by atoms with van der Waals surface area (Å²) in [5.41, 5.74) is 4.72. The molecule has 3 aromatic rings. The molecule has 0 spiro atoms. The van der Waals surface area contributed by atoms with Crippen molar-refractivity contribution in [3.63, 3.8) is 0 Å². The second-order valence-electron chi connectivity index (χ2n) is 6.95. The van der Waals surface area contributed by atoms with Crippen LogP contribution in [0.2, 0.25) is 0 Å². The smallest absolute Gasteiger partial charge is 0.339 e. The fraction of sp³-hybridized carbons (Fsp3) is 0.217. The summed E-state index contributed by atoms with van der Waals surface area (Å²) in [5, 5.41) is 0. The van der Waals surface area contributed by atoms with Gasteiger partial charge in [0, 0.05) is 18.0 Å². The highest BCUT2D eigenvalue weighted by Gasteiger charge is 2.33. The molecule has 0 saturated carbocycles. The van der Waals surface area contributed by atoms with Crippen LogP contribution in [0.1, 0.15) is 16.8 Å². The Hall–Kier alpha value is -3.19. The number of rotatable bonds is 5. The number of methoxy groups -OCH3 is 2. The van der Waals surface area contributed by atoms with E-state index in [-0.39, 0.29) is 6.03 Å². The molecule has 4 rings (SSSR count). The van der Waals surface area contributed by atoms with Gasteiger partial charge in [-0.15, -0.1) is 0 Å². The number of carbonyl (C=O) groups is 1. The number of pyridine rings is 1. The second-order valence-corrected chi connectivity index (χ2v) is 7.94. The van der Waals surface area contributed by atoms with E-state index in [9.17, 15) is 4.79 Å². The first-order valence-electron chi connectivity index (χ1n) is 9.55. The highest BCUT2D eigenvalue weighted by molar-refractivity contribution is 8.01. The largest absolute Gasteiger partial charge is 0.493 e. The highest BCUT2D eigenvalue weighted by atomic mass is 32.2. The van der Waals surface area contributed by atoms with Crippen LogP contribution in [0.3, 0.4) is 0 Å². The van der Waals surface area contributed by atoms with Crippen molar-refractivity contribution in [1.29, 1.82) is 0 Å². The van der Waals surface area contributed by atoms with Gasteiger partial charge >= 0.3 is 6.03 Å². The minimum atomic E-state index is -0.117. The molecule has 0 aliphatic carbocycles. The zero-order valence-corrected chi connectivity index (χ0v) is 18.2. The number of nitrogens with zero attached hydrogens (tertiary/aromatic N) is 3. The monoisotopic (exact) mass is 421 g/mol. The van der Waals surface area contributed by atoms with Gasteiger partial charge in [0.05, 0.1) is 37.0 Å². The van der Waals surface area contributed by atoms with Crippen LogP contribution >= 0.6 is 11.9 Å². The van der Waals surface area contributed by atoms with Gasteiger partial charge in [-0.1, -0.05) is 12.1 Å². The lowest BCUT2D eigenvalue weighted by Crippen LogP contribution is -2.43. The van der Waals surface area contributed by atoms with Crippen LogP contribution < -0.4 is 18.7 Å². The van der Waals surface area contributed by atoms with Crippen LogP contribution in [0.15, 0.2) is 59.6 Å². The molecule has 0 bridgehead atoms. The minimum Gasteiger partial charge on any atom is -0.493 e. The van der Waals surface area contributed by atoms with Crippen molar-refractivity contribution in [2.24, 2.45) is 0 Å². The molecule has 2 amide bonds. The van der Waals surface area contributed by atoms with Crippen LogP contribution in [-0.4, -0.2) is 25.2 Å². The number of amides is 2. The van der Waals surface area contributed by atoms with Crippen molar-refractivity contribution in [2.45, 2.75) is 25.3 Å². The van der Waals surface area contributed by atoms with Gasteiger partial charge < -0.3 is 9.47 Å². The van der Waals surface area contributed by atoms with Crippen molar-refractivity contribution >= 4 is 29.4 Å². The number of aryl methyl sites for hydroxylation is 2. The van der Waals surface area contributed by atoms with Crippen LogP contribution in [0.5, 0.6) is 11.5 Å². The third-order valence-electron chi connectivity index (χ3n) is 5.17. The SMILES string of the molecule is COc1ccc(N2Sc3ccccc3N(Cc3c(C)ccnc3C)C2=O)cc1OC. The number of hydrogen-bond donors (Lipinski definition) is 0. The molecule has 30 heavy (non-hydrogen) atoms. The van der Waals surface area contributed by atoms with Gasteiger partial charge in [0.1, 0.15) is 0 Å². The van der Waals surface area contributed by atoms with Crippen molar-refractivity contribution in [3.8, 4) is 11.5 Å². The van der Waals surface area contributed by atoms with E-state index < -0.39 is 0 Å². The Labute approximate surface area is 180 Å². The predicted octanol–water partition coefficient (Wildman–Crippen LogP) is 5.37. The third-order valence-corrected chi connectivity index (χ3v) is 6.27.